The molecule has 1 amide bonds. The molecule has 2 aromatic heterocycles. The number of H-pyrrole nitrogens is 1. The normalized spacial score (nSPS) is 10.5. The first-order valence-electron chi connectivity index (χ1n) is 6.08. The van der Waals surface area contributed by atoms with Gasteiger partial charge in [-0.1, -0.05) is 6.07 Å². The van der Waals surface area contributed by atoms with Crippen molar-refractivity contribution < 1.29 is 4.79 Å². The number of aryl methyl sites for hydroxylation is 2. The Morgan fingerprint density at radius 3 is 2.84 bits per heavy atom. The number of nitrogens with zero attached hydrogens (tertiary/aromatic N) is 4. The van der Waals surface area contributed by atoms with Gasteiger partial charge in [-0.05, 0) is 25.5 Å². The van der Waals surface area contributed by atoms with E-state index < -0.39 is 0 Å². The highest BCUT2D eigenvalue weighted by Crippen LogP contribution is 2.06. The molecule has 1 N–H and O–H groups in total. The molecule has 19 heavy (non-hydrogen) atoms. The fourth-order valence-electron chi connectivity index (χ4n) is 1.74. The van der Waals surface area contributed by atoms with E-state index in [2.05, 4.69) is 20.2 Å². The van der Waals surface area contributed by atoms with Crippen LogP contribution in [-0.2, 0) is 17.8 Å². The number of hydrogen-bond acceptors (Lipinski definition) is 4. The van der Waals surface area contributed by atoms with Crippen LogP contribution in [0.3, 0.4) is 0 Å². The fraction of sp³-hybridized carbons (Fsp3) is 0.385. The second-order valence-electron chi connectivity index (χ2n) is 4.53. The molecule has 0 fully saturated rings. The topological polar surface area (TPSA) is 74.8 Å². The lowest BCUT2D eigenvalue weighted by Crippen LogP contribution is -2.28. The van der Waals surface area contributed by atoms with Crippen molar-refractivity contribution in [1.29, 1.82) is 0 Å². The van der Waals surface area contributed by atoms with E-state index in [1.807, 2.05) is 26.0 Å². The van der Waals surface area contributed by atoms with Crippen LogP contribution >= 0.6 is 0 Å². The monoisotopic (exact) mass is 259 g/mol. The van der Waals surface area contributed by atoms with Gasteiger partial charge in [0.15, 0.2) is 5.82 Å². The highest BCUT2D eigenvalue weighted by atomic mass is 16.2. The molecule has 0 aliphatic carbocycles. The summed E-state index contributed by atoms with van der Waals surface area (Å²) < 4.78 is 0. The molecule has 0 saturated carbocycles. The zero-order valence-electron chi connectivity index (χ0n) is 11.3. The molecule has 2 rings (SSSR count). The number of aromatic amines is 1. The Morgan fingerprint density at radius 1 is 1.42 bits per heavy atom. The molecule has 2 aromatic rings. The van der Waals surface area contributed by atoms with Gasteiger partial charge in [-0.25, -0.2) is 4.98 Å². The number of hydrogen-bond donors (Lipinski definition) is 1. The van der Waals surface area contributed by atoms with Gasteiger partial charge in [0.25, 0.3) is 0 Å². The summed E-state index contributed by atoms with van der Waals surface area (Å²) in [6.07, 6.45) is 2.00. The largest absolute Gasteiger partial charge is 0.338 e. The van der Waals surface area contributed by atoms with Crippen LogP contribution in [0.1, 0.15) is 22.9 Å². The van der Waals surface area contributed by atoms with Crippen molar-refractivity contribution in [2.24, 2.45) is 0 Å². The number of likely N-dealkylation sites (N-methyl/N-ethyl adjacent to an activating group) is 1. The van der Waals surface area contributed by atoms with E-state index in [1.165, 1.54) is 0 Å². The summed E-state index contributed by atoms with van der Waals surface area (Å²) >= 11 is 0. The zero-order valence-corrected chi connectivity index (χ0v) is 11.3. The van der Waals surface area contributed by atoms with Gasteiger partial charge in [-0.2, -0.15) is 5.10 Å². The molecular formula is C13H17N5O. The molecule has 100 valence electrons. The fourth-order valence-corrected chi connectivity index (χ4v) is 1.74. The summed E-state index contributed by atoms with van der Waals surface area (Å²) in [5.41, 5.74) is 1.84. The van der Waals surface area contributed by atoms with Crippen molar-refractivity contribution in [3.8, 4) is 0 Å². The van der Waals surface area contributed by atoms with E-state index >= 15 is 0 Å². The first-order valence-corrected chi connectivity index (χ1v) is 6.08. The highest BCUT2D eigenvalue weighted by molar-refractivity contribution is 5.78. The number of pyridine rings is 1. The van der Waals surface area contributed by atoms with Crippen molar-refractivity contribution in [3.05, 3.63) is 41.2 Å². The third-order valence-electron chi connectivity index (χ3n) is 2.88. The smallest absolute Gasteiger partial charge is 0.228 e. The van der Waals surface area contributed by atoms with Crippen LogP contribution < -0.4 is 0 Å². The summed E-state index contributed by atoms with van der Waals surface area (Å²) in [5, 5.41) is 6.78. The van der Waals surface area contributed by atoms with Crippen molar-refractivity contribution in [1.82, 2.24) is 25.1 Å². The van der Waals surface area contributed by atoms with Gasteiger partial charge in [0.2, 0.25) is 5.91 Å². The SMILES string of the molecule is Cc1nc(CN(C)C(=O)Cc2ncccc2C)n[nH]1. The summed E-state index contributed by atoms with van der Waals surface area (Å²) in [6, 6.07) is 3.82. The lowest BCUT2D eigenvalue weighted by Gasteiger charge is -2.15. The second-order valence-corrected chi connectivity index (χ2v) is 4.53. The van der Waals surface area contributed by atoms with Crippen molar-refractivity contribution in [2.75, 3.05) is 7.05 Å². The molecule has 0 bridgehead atoms. The molecule has 0 spiro atoms. The van der Waals surface area contributed by atoms with Crippen molar-refractivity contribution in [2.45, 2.75) is 26.8 Å². The molecule has 6 heteroatoms. The molecule has 0 aliphatic heterocycles. The predicted octanol–water partition coefficient (Wildman–Crippen LogP) is 1.02. The maximum atomic E-state index is 12.1. The third kappa shape index (κ3) is 3.37. The summed E-state index contributed by atoms with van der Waals surface area (Å²) in [7, 11) is 1.74. The Kier molecular flexibility index (Phi) is 3.89. The Hall–Kier alpha value is -2.24. The molecule has 2 heterocycles. The minimum Gasteiger partial charge on any atom is -0.338 e. The number of carbonyl (C=O) groups is 1. The van der Waals surface area contributed by atoms with Gasteiger partial charge in [0.05, 0.1) is 18.7 Å². The van der Waals surface area contributed by atoms with Crippen LogP contribution in [0.25, 0.3) is 0 Å². The number of nitrogens with one attached hydrogen (secondary N) is 1. The van der Waals surface area contributed by atoms with E-state index in [1.54, 1.807) is 18.1 Å². The van der Waals surface area contributed by atoms with Gasteiger partial charge in [-0.3, -0.25) is 14.9 Å². The van der Waals surface area contributed by atoms with Gasteiger partial charge in [-0.15, -0.1) is 0 Å². The maximum Gasteiger partial charge on any atom is 0.228 e. The Labute approximate surface area is 111 Å². The molecule has 0 atom stereocenters. The van der Waals surface area contributed by atoms with E-state index in [0.717, 1.165) is 17.1 Å². The van der Waals surface area contributed by atoms with Crippen LogP contribution in [0.2, 0.25) is 0 Å². The quantitative estimate of drug-likeness (QED) is 0.889. The minimum absolute atomic E-state index is 0.00394. The predicted molar refractivity (Wildman–Crippen MR) is 70.3 cm³/mol. The molecule has 0 aliphatic rings. The Balaban J connectivity index is 1.98. The summed E-state index contributed by atoms with van der Waals surface area (Å²) in [6.45, 7) is 4.18. The van der Waals surface area contributed by atoms with Gasteiger partial charge in [0, 0.05) is 13.2 Å². The molecule has 0 aromatic carbocycles. The standard InChI is InChI=1S/C13H17N5O/c1-9-5-4-6-14-11(9)7-13(19)18(3)8-12-15-10(2)16-17-12/h4-6H,7-8H2,1-3H3,(H,15,16,17). The molecule has 0 saturated heterocycles. The van der Waals surface area contributed by atoms with Crippen LogP contribution in [0, 0.1) is 13.8 Å². The number of aromatic nitrogens is 4. The average Bonchev–Trinajstić information content (AvgIpc) is 2.77. The van der Waals surface area contributed by atoms with Gasteiger partial charge >= 0.3 is 0 Å². The molecule has 0 unspecified atom stereocenters. The molecular weight excluding hydrogens is 242 g/mol. The van der Waals surface area contributed by atoms with Crippen LogP contribution in [0.5, 0.6) is 0 Å². The second kappa shape index (κ2) is 5.60. The minimum atomic E-state index is 0.00394. The average molecular weight is 259 g/mol. The van der Waals surface area contributed by atoms with E-state index in [9.17, 15) is 4.79 Å². The Bertz CT molecular complexity index is 578. The number of rotatable bonds is 4. The van der Waals surface area contributed by atoms with Gasteiger partial charge < -0.3 is 4.90 Å². The van der Waals surface area contributed by atoms with E-state index in [0.29, 0.717) is 18.8 Å². The van der Waals surface area contributed by atoms with Crippen LogP contribution in [-0.4, -0.2) is 38.0 Å². The first-order chi connectivity index (χ1) is 9.06. The molecule has 6 nitrogen and oxygen atoms in total. The van der Waals surface area contributed by atoms with Crippen LogP contribution in [0.15, 0.2) is 18.3 Å². The maximum absolute atomic E-state index is 12.1. The number of amides is 1. The zero-order chi connectivity index (χ0) is 13.8. The highest BCUT2D eigenvalue weighted by Gasteiger charge is 2.14. The third-order valence-corrected chi connectivity index (χ3v) is 2.88. The van der Waals surface area contributed by atoms with Crippen LogP contribution in [0.4, 0.5) is 0 Å². The number of carbonyl (C=O) groups excluding carboxylic acids is 1. The summed E-state index contributed by atoms with van der Waals surface area (Å²) in [5.74, 6) is 1.37. The first kappa shape index (κ1) is 13.2. The summed E-state index contributed by atoms with van der Waals surface area (Å²) in [4.78, 5) is 22.1. The van der Waals surface area contributed by atoms with Crippen molar-refractivity contribution in [3.63, 3.8) is 0 Å². The van der Waals surface area contributed by atoms with Crippen molar-refractivity contribution >= 4 is 5.91 Å². The van der Waals surface area contributed by atoms with Gasteiger partial charge in [0.1, 0.15) is 5.82 Å². The van der Waals surface area contributed by atoms with E-state index in [-0.39, 0.29) is 5.91 Å². The van der Waals surface area contributed by atoms with E-state index in [4.69, 9.17) is 0 Å². The molecule has 0 radical (unpaired) electrons. The lowest BCUT2D eigenvalue weighted by molar-refractivity contribution is -0.129. The lowest BCUT2D eigenvalue weighted by atomic mass is 10.1. The Morgan fingerprint density at radius 2 is 2.21 bits per heavy atom.